The van der Waals surface area contributed by atoms with Gasteiger partial charge in [-0.2, -0.15) is 0 Å². The van der Waals surface area contributed by atoms with Crippen molar-refractivity contribution in [1.29, 1.82) is 0 Å². The number of hydrogen-bond acceptors (Lipinski definition) is 8. The number of carboxylic acid groups (broad SMARTS) is 1. The summed E-state index contributed by atoms with van der Waals surface area (Å²) in [5.41, 5.74) is 1.99. The van der Waals surface area contributed by atoms with Crippen LogP contribution in [0.15, 0.2) is 71.1 Å². The summed E-state index contributed by atoms with van der Waals surface area (Å²) in [6.07, 6.45) is -0.750. The third kappa shape index (κ3) is 5.21. The van der Waals surface area contributed by atoms with Crippen LogP contribution in [0.1, 0.15) is 12.5 Å². The van der Waals surface area contributed by atoms with E-state index in [4.69, 9.17) is 4.74 Å². The molecular weight excluding hydrogens is 494 g/mol. The van der Waals surface area contributed by atoms with Crippen molar-refractivity contribution in [3.05, 3.63) is 72.3 Å². The Balaban J connectivity index is 1.47. The lowest BCUT2D eigenvalue weighted by Crippen LogP contribution is -2.72. The van der Waals surface area contributed by atoms with Crippen molar-refractivity contribution in [2.24, 2.45) is 0 Å². The molecule has 3 atom stereocenters. The zero-order valence-corrected chi connectivity index (χ0v) is 20.5. The number of amides is 2. The first-order valence-corrected chi connectivity index (χ1v) is 13.2. The van der Waals surface area contributed by atoms with Crippen molar-refractivity contribution in [2.75, 3.05) is 0 Å². The van der Waals surface area contributed by atoms with E-state index >= 15 is 0 Å². The number of β-lactam (4-membered cyclic amide) rings is 1. The maximum Gasteiger partial charge on any atom is 0.408 e. The predicted molar refractivity (Wildman–Crippen MR) is 133 cm³/mol. The van der Waals surface area contributed by atoms with Crippen LogP contribution in [0.2, 0.25) is 0 Å². The van der Waals surface area contributed by atoms with Crippen LogP contribution < -0.4 is 5.32 Å². The second kappa shape index (κ2) is 10.5. The molecule has 1 aromatic heterocycles. The largest absolute Gasteiger partial charge is 0.479 e. The number of hydrogen-bond donors (Lipinski definition) is 2. The Bertz CT molecular complexity index is 1190. The topological polar surface area (TPSA) is 109 Å². The number of nitrogens with one attached hydrogen (secondary N) is 1. The Morgan fingerprint density at radius 1 is 1.24 bits per heavy atom. The van der Waals surface area contributed by atoms with Gasteiger partial charge in [0.1, 0.15) is 18.0 Å². The number of carboxylic acids is 1. The second-order valence-electron chi connectivity index (χ2n) is 7.53. The summed E-state index contributed by atoms with van der Waals surface area (Å²) >= 11 is 1.50. The van der Waals surface area contributed by atoms with E-state index in [2.05, 4.69) is 16.9 Å². The summed E-state index contributed by atoms with van der Waals surface area (Å²) in [5.74, 6) is -1.68. The third-order valence-corrected chi connectivity index (χ3v) is 9.06. The molecule has 8 nitrogen and oxygen atoms in total. The van der Waals surface area contributed by atoms with Crippen molar-refractivity contribution in [3.8, 4) is 0 Å². The van der Waals surface area contributed by atoms with E-state index < -0.39 is 35.4 Å². The van der Waals surface area contributed by atoms with Crippen LogP contribution in [0.25, 0.3) is 10.2 Å². The highest BCUT2D eigenvalue weighted by atomic mass is 33.1. The lowest BCUT2D eigenvalue weighted by atomic mass is 9.99. The lowest BCUT2D eigenvalue weighted by molar-refractivity contribution is -0.158. The van der Waals surface area contributed by atoms with Gasteiger partial charge in [0.05, 0.1) is 10.2 Å². The van der Waals surface area contributed by atoms with E-state index in [0.29, 0.717) is 5.57 Å². The van der Waals surface area contributed by atoms with Gasteiger partial charge in [0.25, 0.3) is 0 Å². The van der Waals surface area contributed by atoms with Gasteiger partial charge in [0.2, 0.25) is 5.91 Å². The van der Waals surface area contributed by atoms with E-state index in [0.717, 1.165) is 20.1 Å². The highest BCUT2D eigenvalue weighted by molar-refractivity contribution is 8.77. The van der Waals surface area contributed by atoms with Crippen molar-refractivity contribution in [1.82, 2.24) is 15.2 Å². The minimum atomic E-state index is -1.20. The van der Waals surface area contributed by atoms with Crippen LogP contribution in [-0.2, 0) is 20.9 Å². The first kappa shape index (κ1) is 24.1. The molecule has 4 rings (SSSR count). The normalized spacial score (nSPS) is 18.3. The standard InChI is InChI=1S/C23H21N3O5S3/c1-13(2)18(21(28)29)26-19(27)17(25-22(30)31-12-14-8-4-3-5-9-14)20(26)33-34-23-24-15-10-6-7-11-16(15)32-23/h3-11,17-18,20H,1,12H2,2H3,(H,25,30)(H,28,29). The van der Waals surface area contributed by atoms with Crippen molar-refractivity contribution in [2.45, 2.75) is 35.3 Å². The molecule has 0 spiro atoms. The molecular formula is C23H21N3O5S3. The summed E-state index contributed by atoms with van der Waals surface area (Å²) in [4.78, 5) is 42.9. The highest BCUT2D eigenvalue weighted by Crippen LogP contribution is 2.45. The van der Waals surface area contributed by atoms with Gasteiger partial charge < -0.3 is 20.1 Å². The Labute approximate surface area is 207 Å². The minimum Gasteiger partial charge on any atom is -0.479 e. The quantitative estimate of drug-likeness (QED) is 0.243. The van der Waals surface area contributed by atoms with E-state index in [1.807, 2.05) is 54.6 Å². The number of aromatic nitrogens is 1. The summed E-state index contributed by atoms with van der Waals surface area (Å²) < 4.78 is 7.03. The molecule has 34 heavy (non-hydrogen) atoms. The number of carbonyl (C=O) groups excluding carboxylic acids is 2. The minimum absolute atomic E-state index is 0.0546. The molecule has 0 saturated carbocycles. The number of nitrogens with zero attached hydrogens (tertiary/aromatic N) is 2. The van der Waals surface area contributed by atoms with Crippen LogP contribution >= 0.6 is 32.9 Å². The number of likely N-dealkylation sites (tertiary alicyclic amines) is 1. The fourth-order valence-electron chi connectivity index (χ4n) is 3.43. The molecule has 1 fully saturated rings. The zero-order valence-electron chi connectivity index (χ0n) is 18.0. The Morgan fingerprint density at radius 2 is 1.94 bits per heavy atom. The molecule has 1 saturated heterocycles. The molecule has 176 valence electrons. The van der Waals surface area contributed by atoms with Gasteiger partial charge >= 0.3 is 12.1 Å². The van der Waals surface area contributed by atoms with Gasteiger partial charge in [-0.1, -0.05) is 59.8 Å². The third-order valence-electron chi connectivity index (χ3n) is 5.04. The van der Waals surface area contributed by atoms with Crippen LogP contribution in [0.4, 0.5) is 4.79 Å². The molecule has 11 heteroatoms. The Kier molecular flexibility index (Phi) is 7.44. The Morgan fingerprint density at radius 3 is 2.62 bits per heavy atom. The fraction of sp³-hybridized carbons (Fsp3) is 0.217. The molecule has 2 aromatic carbocycles. The average molecular weight is 516 g/mol. The Hall–Kier alpha value is -3.02. The van der Waals surface area contributed by atoms with Gasteiger partial charge in [0.15, 0.2) is 10.4 Å². The molecule has 0 aliphatic carbocycles. The van der Waals surface area contributed by atoms with Gasteiger partial charge in [-0.15, -0.1) is 11.3 Å². The average Bonchev–Trinajstić information content (AvgIpc) is 3.24. The number of aliphatic carboxylic acids is 1. The highest BCUT2D eigenvalue weighted by Gasteiger charge is 2.54. The molecule has 2 heterocycles. The smallest absolute Gasteiger partial charge is 0.408 e. The summed E-state index contributed by atoms with van der Waals surface area (Å²) in [6, 6.07) is 14.7. The van der Waals surface area contributed by atoms with E-state index in [1.54, 1.807) is 6.92 Å². The van der Waals surface area contributed by atoms with Crippen LogP contribution in [0, 0.1) is 0 Å². The van der Waals surface area contributed by atoms with Crippen molar-refractivity contribution in [3.63, 3.8) is 0 Å². The first-order chi connectivity index (χ1) is 16.3. The molecule has 2 N–H and O–H groups in total. The van der Waals surface area contributed by atoms with Gasteiger partial charge in [-0.25, -0.2) is 14.6 Å². The molecule has 1 aliphatic heterocycles. The second-order valence-corrected chi connectivity index (χ2v) is 11.1. The number of alkyl carbamates (subject to hydrolysis) is 1. The maximum absolute atomic E-state index is 12.9. The number of rotatable bonds is 9. The van der Waals surface area contributed by atoms with E-state index in [-0.39, 0.29) is 6.61 Å². The zero-order chi connectivity index (χ0) is 24.2. The van der Waals surface area contributed by atoms with E-state index in [1.165, 1.54) is 37.8 Å². The summed E-state index contributed by atoms with van der Waals surface area (Å²) in [5, 5.41) is 11.6. The monoisotopic (exact) mass is 515 g/mol. The molecule has 1 aliphatic rings. The SMILES string of the molecule is C=C(C)C(C(=O)O)N1C(=O)C(NC(=O)OCc2ccccc2)C1SSc1nc2ccccc2s1. The molecule has 0 bridgehead atoms. The number of carbonyl (C=O) groups is 3. The summed E-state index contributed by atoms with van der Waals surface area (Å²) in [7, 11) is 2.60. The number of fused-ring (bicyclic) bond motifs is 1. The van der Waals surface area contributed by atoms with Gasteiger partial charge in [-0.05, 0) is 41.0 Å². The van der Waals surface area contributed by atoms with Crippen molar-refractivity contribution < 1.29 is 24.2 Å². The van der Waals surface area contributed by atoms with E-state index in [9.17, 15) is 19.5 Å². The van der Waals surface area contributed by atoms with Crippen LogP contribution in [0.5, 0.6) is 0 Å². The van der Waals surface area contributed by atoms with Crippen molar-refractivity contribution >= 4 is 61.1 Å². The summed E-state index contributed by atoms with van der Waals surface area (Å²) in [6.45, 7) is 5.35. The van der Waals surface area contributed by atoms with Gasteiger partial charge in [0, 0.05) is 0 Å². The molecule has 3 aromatic rings. The maximum atomic E-state index is 12.9. The van der Waals surface area contributed by atoms with Gasteiger partial charge in [-0.3, -0.25) is 4.79 Å². The number of para-hydroxylation sites is 1. The molecule has 2 amide bonds. The first-order valence-electron chi connectivity index (χ1n) is 10.2. The number of thiazole rings is 1. The fourth-order valence-corrected chi connectivity index (χ4v) is 7.39. The van der Waals surface area contributed by atoms with Crippen LogP contribution in [0.3, 0.4) is 0 Å². The molecule has 3 unspecified atom stereocenters. The lowest BCUT2D eigenvalue weighted by Gasteiger charge is -2.48. The van der Waals surface area contributed by atoms with Crippen LogP contribution in [-0.4, -0.2) is 50.4 Å². The number of benzene rings is 2. The molecule has 0 radical (unpaired) electrons. The predicted octanol–water partition coefficient (Wildman–Crippen LogP) is 4.53. The number of ether oxygens (including phenoxy) is 1.